The van der Waals surface area contributed by atoms with Crippen molar-refractivity contribution >= 4 is 9.84 Å². The zero-order valence-corrected chi connectivity index (χ0v) is 10.8. The fraction of sp³-hybridized carbons (Fsp3) is 1.00. The standard InChI is InChI=1S/C11H21NO3S/c1-8-11(5-6-15-8)16(13,14)7-10(12-2)9-3-4-9/h8-12H,3-7H2,1-2H3. The maximum Gasteiger partial charge on any atom is 0.157 e. The second kappa shape index (κ2) is 4.63. The summed E-state index contributed by atoms with van der Waals surface area (Å²) in [4.78, 5) is 0. The molecule has 5 heteroatoms. The molecule has 0 aromatic carbocycles. The molecule has 1 heterocycles. The van der Waals surface area contributed by atoms with E-state index >= 15 is 0 Å². The summed E-state index contributed by atoms with van der Waals surface area (Å²) in [6, 6.07) is 0.137. The summed E-state index contributed by atoms with van der Waals surface area (Å²) in [5.74, 6) is 0.837. The molecule has 0 aromatic rings. The van der Waals surface area contributed by atoms with E-state index in [1.165, 1.54) is 0 Å². The number of ether oxygens (including phenoxy) is 1. The Morgan fingerprint density at radius 1 is 1.38 bits per heavy atom. The van der Waals surface area contributed by atoms with E-state index in [-0.39, 0.29) is 23.1 Å². The van der Waals surface area contributed by atoms with Gasteiger partial charge >= 0.3 is 0 Å². The smallest absolute Gasteiger partial charge is 0.157 e. The Morgan fingerprint density at radius 3 is 2.50 bits per heavy atom. The Labute approximate surface area is 97.7 Å². The number of hydrogen-bond donors (Lipinski definition) is 1. The Hall–Kier alpha value is -0.130. The molecule has 1 N–H and O–H groups in total. The number of nitrogens with one attached hydrogen (secondary N) is 1. The summed E-state index contributed by atoms with van der Waals surface area (Å²) in [7, 11) is -1.16. The lowest BCUT2D eigenvalue weighted by Gasteiger charge is -2.20. The van der Waals surface area contributed by atoms with Gasteiger partial charge in [0.05, 0.1) is 17.1 Å². The van der Waals surface area contributed by atoms with Crippen LogP contribution < -0.4 is 5.32 Å². The van der Waals surface area contributed by atoms with E-state index in [4.69, 9.17) is 4.74 Å². The lowest BCUT2D eigenvalue weighted by atomic mass is 10.2. The lowest BCUT2D eigenvalue weighted by molar-refractivity contribution is 0.126. The lowest BCUT2D eigenvalue weighted by Crippen LogP contribution is -2.40. The molecule has 0 aromatic heterocycles. The highest BCUT2D eigenvalue weighted by Gasteiger charge is 2.40. The van der Waals surface area contributed by atoms with Crippen LogP contribution in [-0.4, -0.2) is 45.2 Å². The van der Waals surface area contributed by atoms with Crippen molar-refractivity contribution in [1.29, 1.82) is 0 Å². The predicted molar refractivity (Wildman–Crippen MR) is 63.2 cm³/mol. The van der Waals surface area contributed by atoms with Crippen molar-refractivity contribution in [3.8, 4) is 0 Å². The largest absolute Gasteiger partial charge is 0.377 e. The molecule has 0 bridgehead atoms. The highest BCUT2D eigenvalue weighted by molar-refractivity contribution is 7.92. The van der Waals surface area contributed by atoms with Crippen LogP contribution >= 0.6 is 0 Å². The van der Waals surface area contributed by atoms with Crippen LogP contribution in [0, 0.1) is 5.92 Å². The fourth-order valence-corrected chi connectivity index (χ4v) is 4.82. The first-order valence-electron chi connectivity index (χ1n) is 6.05. The van der Waals surface area contributed by atoms with Crippen LogP contribution in [0.5, 0.6) is 0 Å². The molecule has 2 fully saturated rings. The molecule has 0 spiro atoms. The van der Waals surface area contributed by atoms with Gasteiger partial charge in [-0.15, -0.1) is 0 Å². The molecule has 3 unspecified atom stereocenters. The number of rotatable bonds is 5. The van der Waals surface area contributed by atoms with Crippen LogP contribution in [-0.2, 0) is 14.6 Å². The zero-order valence-electron chi connectivity index (χ0n) is 9.98. The van der Waals surface area contributed by atoms with Gasteiger partial charge in [-0.1, -0.05) is 0 Å². The van der Waals surface area contributed by atoms with E-state index in [0.717, 1.165) is 12.8 Å². The number of hydrogen-bond acceptors (Lipinski definition) is 4. The van der Waals surface area contributed by atoms with Crippen LogP contribution in [0.2, 0.25) is 0 Å². The van der Waals surface area contributed by atoms with Crippen LogP contribution in [0.25, 0.3) is 0 Å². The van der Waals surface area contributed by atoms with Gasteiger partial charge in [0, 0.05) is 12.6 Å². The minimum absolute atomic E-state index is 0.137. The third kappa shape index (κ3) is 2.57. The third-order valence-corrected chi connectivity index (χ3v) is 6.11. The van der Waals surface area contributed by atoms with Crippen molar-refractivity contribution in [2.45, 2.75) is 43.6 Å². The highest BCUT2D eigenvalue weighted by Crippen LogP contribution is 2.34. The Balaban J connectivity index is 2.00. The zero-order chi connectivity index (χ0) is 11.8. The quantitative estimate of drug-likeness (QED) is 0.772. The molecular formula is C11H21NO3S. The van der Waals surface area contributed by atoms with E-state index < -0.39 is 9.84 Å². The molecule has 2 aliphatic rings. The van der Waals surface area contributed by atoms with Crippen LogP contribution in [0.4, 0.5) is 0 Å². The molecule has 0 radical (unpaired) electrons. The minimum atomic E-state index is -3.01. The van der Waals surface area contributed by atoms with Gasteiger partial charge in [0.25, 0.3) is 0 Å². The Kier molecular flexibility index (Phi) is 3.56. The average molecular weight is 247 g/mol. The van der Waals surface area contributed by atoms with Crippen molar-refractivity contribution in [2.75, 3.05) is 19.4 Å². The third-order valence-electron chi connectivity index (χ3n) is 3.74. The molecule has 94 valence electrons. The molecule has 1 aliphatic heterocycles. The van der Waals surface area contributed by atoms with E-state index in [9.17, 15) is 8.42 Å². The topological polar surface area (TPSA) is 55.4 Å². The summed E-state index contributed by atoms with van der Waals surface area (Å²) >= 11 is 0. The molecule has 16 heavy (non-hydrogen) atoms. The summed E-state index contributed by atoms with van der Waals surface area (Å²) in [5, 5.41) is 2.85. The van der Waals surface area contributed by atoms with Gasteiger partial charge in [-0.25, -0.2) is 8.42 Å². The molecule has 2 rings (SSSR count). The van der Waals surface area contributed by atoms with Gasteiger partial charge in [0.15, 0.2) is 9.84 Å². The van der Waals surface area contributed by atoms with Crippen LogP contribution in [0.1, 0.15) is 26.2 Å². The second-order valence-corrected chi connectivity index (χ2v) is 7.23. The van der Waals surface area contributed by atoms with Crippen LogP contribution in [0.15, 0.2) is 0 Å². The van der Waals surface area contributed by atoms with Crippen molar-refractivity contribution in [2.24, 2.45) is 5.92 Å². The van der Waals surface area contributed by atoms with Crippen molar-refractivity contribution in [1.82, 2.24) is 5.32 Å². The molecular weight excluding hydrogens is 226 g/mol. The van der Waals surface area contributed by atoms with E-state index in [0.29, 0.717) is 18.9 Å². The first kappa shape index (κ1) is 12.3. The number of sulfone groups is 1. The summed E-state index contributed by atoms with van der Waals surface area (Å²) in [5.41, 5.74) is 0. The predicted octanol–water partition coefficient (Wildman–Crippen LogP) is 0.577. The van der Waals surface area contributed by atoms with Gasteiger partial charge in [-0.05, 0) is 39.2 Å². The molecule has 0 amide bonds. The van der Waals surface area contributed by atoms with Crippen molar-refractivity contribution in [3.05, 3.63) is 0 Å². The summed E-state index contributed by atoms with van der Waals surface area (Å²) < 4.78 is 29.8. The molecule has 1 saturated carbocycles. The first-order valence-corrected chi connectivity index (χ1v) is 7.76. The van der Waals surface area contributed by atoms with Crippen molar-refractivity contribution in [3.63, 3.8) is 0 Å². The van der Waals surface area contributed by atoms with E-state index in [1.807, 2.05) is 14.0 Å². The SMILES string of the molecule is CNC(CS(=O)(=O)C1CCOC1C)C1CC1. The van der Waals surface area contributed by atoms with Gasteiger partial charge in [0.2, 0.25) is 0 Å². The normalized spacial score (nSPS) is 32.9. The fourth-order valence-electron chi connectivity index (χ4n) is 2.51. The molecule has 1 saturated heterocycles. The monoisotopic (exact) mass is 247 g/mol. The van der Waals surface area contributed by atoms with Gasteiger partial charge in [-0.2, -0.15) is 0 Å². The summed E-state index contributed by atoms with van der Waals surface area (Å²) in [6.07, 6.45) is 2.85. The highest BCUT2D eigenvalue weighted by atomic mass is 32.2. The van der Waals surface area contributed by atoms with Crippen LogP contribution in [0.3, 0.4) is 0 Å². The molecule has 4 nitrogen and oxygen atoms in total. The first-order chi connectivity index (χ1) is 7.54. The maximum absolute atomic E-state index is 12.2. The van der Waals surface area contributed by atoms with Gasteiger partial charge in [0.1, 0.15) is 0 Å². The maximum atomic E-state index is 12.2. The molecule has 1 aliphatic carbocycles. The van der Waals surface area contributed by atoms with Gasteiger partial charge < -0.3 is 10.1 Å². The average Bonchev–Trinajstić information content (AvgIpc) is 2.97. The summed E-state index contributed by atoms with van der Waals surface area (Å²) in [6.45, 7) is 2.44. The van der Waals surface area contributed by atoms with E-state index in [2.05, 4.69) is 5.32 Å². The Morgan fingerprint density at radius 2 is 2.06 bits per heavy atom. The second-order valence-electron chi connectivity index (χ2n) is 4.97. The minimum Gasteiger partial charge on any atom is -0.377 e. The van der Waals surface area contributed by atoms with E-state index in [1.54, 1.807) is 0 Å². The Bertz CT molecular complexity index is 337. The van der Waals surface area contributed by atoms with Crippen molar-refractivity contribution < 1.29 is 13.2 Å². The van der Waals surface area contributed by atoms with Gasteiger partial charge in [-0.3, -0.25) is 0 Å². The molecule has 3 atom stereocenters.